The van der Waals surface area contributed by atoms with E-state index in [2.05, 4.69) is 10.6 Å². The Morgan fingerprint density at radius 2 is 0.667 bits per heavy atom. The van der Waals surface area contributed by atoms with Crippen LogP contribution >= 0.6 is 0 Å². The molecule has 2 heterocycles. The van der Waals surface area contributed by atoms with Crippen molar-refractivity contribution in [1.29, 1.82) is 0 Å². The number of hydrogen-bond donors (Lipinski definition) is 2. The van der Waals surface area contributed by atoms with E-state index in [0.29, 0.717) is 0 Å². The number of carbonyl (C=O) groups excluding carboxylic acids is 1. The van der Waals surface area contributed by atoms with Gasteiger partial charge in [-0.3, -0.25) is 4.79 Å². The minimum absolute atomic E-state index is 0.158. The third kappa shape index (κ3) is 4.68. The van der Waals surface area contributed by atoms with Gasteiger partial charge in [0, 0.05) is 46.4 Å². The molecular formula is C35H36N2O5. The van der Waals surface area contributed by atoms with E-state index < -0.39 is 11.8 Å². The normalized spacial score (nSPS) is 25.0. The van der Waals surface area contributed by atoms with Gasteiger partial charge in [-0.15, -0.1) is 0 Å². The van der Waals surface area contributed by atoms with E-state index in [9.17, 15) is 0 Å². The fourth-order valence-corrected chi connectivity index (χ4v) is 6.89. The van der Waals surface area contributed by atoms with E-state index in [4.69, 9.17) is 18.9 Å². The van der Waals surface area contributed by atoms with Crippen LogP contribution in [0.25, 0.3) is 0 Å². The van der Waals surface area contributed by atoms with Crippen molar-refractivity contribution in [3.8, 4) is 23.0 Å². The highest BCUT2D eigenvalue weighted by Crippen LogP contribution is 2.55. The number of piperidine rings is 2. The highest BCUT2D eigenvalue weighted by molar-refractivity contribution is 5.89. The van der Waals surface area contributed by atoms with E-state index >= 15 is 4.79 Å². The highest BCUT2D eigenvalue weighted by atomic mass is 16.5. The molecule has 0 aromatic heterocycles. The number of nitrogens with one attached hydrogen (secondary N) is 2. The van der Waals surface area contributed by atoms with Gasteiger partial charge in [0.15, 0.2) is 0 Å². The molecule has 216 valence electrons. The third-order valence-corrected chi connectivity index (χ3v) is 8.71. The van der Waals surface area contributed by atoms with Crippen LogP contribution in [0.1, 0.15) is 46.4 Å². The number of ketones is 1. The first-order chi connectivity index (χ1) is 20.6. The lowest BCUT2D eigenvalue weighted by atomic mass is 9.63. The van der Waals surface area contributed by atoms with E-state index in [1.165, 1.54) is 0 Å². The summed E-state index contributed by atoms with van der Waals surface area (Å²) in [5, 5.41) is 7.88. The Kier molecular flexibility index (Phi) is 7.87. The molecule has 7 heteroatoms. The summed E-state index contributed by atoms with van der Waals surface area (Å²) in [5.74, 6) is 2.15. The zero-order chi connectivity index (χ0) is 29.2. The van der Waals surface area contributed by atoms with Crippen LogP contribution in [0.5, 0.6) is 23.0 Å². The van der Waals surface area contributed by atoms with Gasteiger partial charge < -0.3 is 29.6 Å². The van der Waals surface area contributed by atoms with Gasteiger partial charge in [-0.05, 0) is 24.3 Å². The highest BCUT2D eigenvalue weighted by Gasteiger charge is 2.56. The number of benzene rings is 4. The molecule has 6 atom stereocenters. The number of carbonyl (C=O) groups is 1. The molecule has 2 N–H and O–H groups in total. The maximum atomic E-state index is 15.1. The topological polar surface area (TPSA) is 78.1 Å². The molecule has 2 aliphatic rings. The fourth-order valence-electron chi connectivity index (χ4n) is 6.89. The van der Waals surface area contributed by atoms with Crippen LogP contribution in [0.4, 0.5) is 0 Å². The van der Waals surface area contributed by atoms with E-state index in [1.807, 2.05) is 97.1 Å². The summed E-state index contributed by atoms with van der Waals surface area (Å²) in [5.41, 5.74) is 3.70. The lowest BCUT2D eigenvalue weighted by molar-refractivity contribution is -0.139. The number of para-hydroxylation sites is 4. The number of Topliss-reactive ketones (excluding diaryl/α,β-unsaturated/α-hetero) is 1. The van der Waals surface area contributed by atoms with Gasteiger partial charge in [0.25, 0.3) is 0 Å². The van der Waals surface area contributed by atoms with Gasteiger partial charge in [-0.2, -0.15) is 0 Å². The van der Waals surface area contributed by atoms with Gasteiger partial charge >= 0.3 is 0 Å². The van der Waals surface area contributed by atoms with Crippen LogP contribution in [-0.2, 0) is 4.79 Å². The van der Waals surface area contributed by atoms with Crippen molar-refractivity contribution >= 4 is 5.78 Å². The van der Waals surface area contributed by atoms with Gasteiger partial charge in [-0.25, -0.2) is 0 Å². The SMILES string of the molecule is COc1ccccc1[C@H]1N[C@H](c2ccccc2OC)C2C(=O)C1[C@@H](c1ccccc1OC)N[C@H]2c1ccccc1OC. The zero-order valence-electron chi connectivity index (χ0n) is 24.2. The molecule has 0 radical (unpaired) electrons. The lowest BCUT2D eigenvalue weighted by Crippen LogP contribution is -2.60. The predicted molar refractivity (Wildman–Crippen MR) is 161 cm³/mol. The summed E-state index contributed by atoms with van der Waals surface area (Å²) in [4.78, 5) is 15.1. The maximum Gasteiger partial charge on any atom is 0.146 e. The average Bonchev–Trinajstić information content (AvgIpc) is 3.05. The Morgan fingerprint density at radius 1 is 0.429 bits per heavy atom. The van der Waals surface area contributed by atoms with Crippen LogP contribution in [0.15, 0.2) is 97.1 Å². The van der Waals surface area contributed by atoms with Crippen LogP contribution in [0.3, 0.4) is 0 Å². The second-order valence-electron chi connectivity index (χ2n) is 10.7. The number of ether oxygens (including phenoxy) is 4. The van der Waals surface area contributed by atoms with Gasteiger partial charge in [0.2, 0.25) is 0 Å². The van der Waals surface area contributed by atoms with Crippen molar-refractivity contribution in [2.75, 3.05) is 28.4 Å². The molecule has 2 saturated heterocycles. The van der Waals surface area contributed by atoms with Gasteiger partial charge in [0.05, 0.1) is 40.3 Å². The monoisotopic (exact) mass is 564 g/mol. The number of rotatable bonds is 8. The number of hydrogen-bond acceptors (Lipinski definition) is 7. The first kappa shape index (κ1) is 27.8. The third-order valence-electron chi connectivity index (χ3n) is 8.71. The minimum atomic E-state index is -0.459. The number of fused-ring (bicyclic) bond motifs is 2. The van der Waals surface area contributed by atoms with Crippen molar-refractivity contribution in [3.05, 3.63) is 119 Å². The van der Waals surface area contributed by atoms with Gasteiger partial charge in [0.1, 0.15) is 28.8 Å². The summed E-state index contributed by atoms with van der Waals surface area (Å²) in [6.45, 7) is 0. The lowest BCUT2D eigenvalue weighted by Gasteiger charge is -2.53. The molecule has 7 nitrogen and oxygen atoms in total. The quantitative estimate of drug-likeness (QED) is 0.272. The van der Waals surface area contributed by atoms with Crippen LogP contribution in [0, 0.1) is 11.8 Å². The Labute approximate surface area is 246 Å². The Balaban J connectivity index is 1.59. The zero-order valence-corrected chi connectivity index (χ0v) is 24.2. The summed E-state index contributed by atoms with van der Waals surface area (Å²) in [6.07, 6.45) is 0. The van der Waals surface area contributed by atoms with Gasteiger partial charge in [-0.1, -0.05) is 72.8 Å². The molecule has 2 aliphatic heterocycles. The molecule has 2 bridgehead atoms. The summed E-state index contributed by atoms with van der Waals surface area (Å²) >= 11 is 0. The second-order valence-corrected chi connectivity index (χ2v) is 10.7. The molecule has 0 saturated carbocycles. The fraction of sp³-hybridized carbons (Fsp3) is 0.286. The smallest absolute Gasteiger partial charge is 0.146 e. The van der Waals surface area contributed by atoms with Crippen molar-refractivity contribution in [2.24, 2.45) is 11.8 Å². The summed E-state index contributed by atoms with van der Waals surface area (Å²) < 4.78 is 23.3. The molecule has 0 aliphatic carbocycles. The molecule has 42 heavy (non-hydrogen) atoms. The van der Waals surface area contributed by atoms with Crippen LogP contribution < -0.4 is 29.6 Å². The first-order valence-electron chi connectivity index (χ1n) is 14.2. The minimum Gasteiger partial charge on any atom is -0.496 e. The molecule has 2 fully saturated rings. The predicted octanol–water partition coefficient (Wildman–Crippen LogP) is 5.99. The maximum absolute atomic E-state index is 15.1. The average molecular weight is 565 g/mol. The molecule has 0 spiro atoms. The Bertz CT molecular complexity index is 1350. The molecule has 2 unspecified atom stereocenters. The van der Waals surface area contributed by atoms with E-state index in [0.717, 1.165) is 45.3 Å². The van der Waals surface area contributed by atoms with Crippen molar-refractivity contribution in [3.63, 3.8) is 0 Å². The molecule has 6 rings (SSSR count). The van der Waals surface area contributed by atoms with Crippen LogP contribution in [0.2, 0.25) is 0 Å². The number of methoxy groups -OCH3 is 4. The van der Waals surface area contributed by atoms with E-state index in [1.54, 1.807) is 28.4 Å². The molecule has 0 amide bonds. The van der Waals surface area contributed by atoms with Crippen LogP contribution in [-0.4, -0.2) is 34.2 Å². The molecule has 4 aromatic carbocycles. The Hall–Kier alpha value is -4.33. The largest absolute Gasteiger partial charge is 0.496 e. The Morgan fingerprint density at radius 3 is 0.905 bits per heavy atom. The second kappa shape index (κ2) is 11.9. The summed E-state index contributed by atoms with van der Waals surface area (Å²) in [7, 11) is 6.66. The van der Waals surface area contributed by atoms with Crippen molar-refractivity contribution in [2.45, 2.75) is 24.2 Å². The van der Waals surface area contributed by atoms with Crippen molar-refractivity contribution < 1.29 is 23.7 Å². The standard InChI is InChI=1S/C35H36N2O5/c1-39-25-17-9-5-13-21(25)31-29-32(22-14-6-10-18-26(22)40-2)37-34(24-16-8-12-20-28(24)42-4)30(35(29)38)33(36-31)23-15-7-11-19-27(23)41-3/h5-20,29-34,36-37H,1-4H3/t29?,30?,31-,32-,33-,34+/m1/s1. The van der Waals surface area contributed by atoms with Crippen molar-refractivity contribution in [1.82, 2.24) is 10.6 Å². The van der Waals surface area contributed by atoms with E-state index in [-0.39, 0.29) is 30.0 Å². The molecule has 4 aromatic rings. The first-order valence-corrected chi connectivity index (χ1v) is 14.2. The molecular weight excluding hydrogens is 528 g/mol. The summed E-state index contributed by atoms with van der Waals surface area (Å²) in [6, 6.07) is 30.2.